The van der Waals surface area contributed by atoms with Crippen molar-refractivity contribution in [2.24, 2.45) is 0 Å². The lowest BCUT2D eigenvalue weighted by Crippen LogP contribution is -2.28. The fourth-order valence-corrected chi connectivity index (χ4v) is 1.89. The predicted octanol–water partition coefficient (Wildman–Crippen LogP) is 3.45. The van der Waals surface area contributed by atoms with Crippen LogP contribution >= 0.6 is 11.6 Å². The van der Waals surface area contributed by atoms with Crippen LogP contribution in [0.2, 0.25) is 5.02 Å². The van der Waals surface area contributed by atoms with Gasteiger partial charge in [0.1, 0.15) is 5.58 Å². The third-order valence-electron chi connectivity index (χ3n) is 2.76. The fourth-order valence-electron chi connectivity index (χ4n) is 1.62. The van der Waals surface area contributed by atoms with E-state index in [1.807, 2.05) is 0 Å². The number of benzene rings is 1. The summed E-state index contributed by atoms with van der Waals surface area (Å²) < 4.78 is 5.32. The smallest absolute Gasteiger partial charge is 0.313 e. The van der Waals surface area contributed by atoms with Crippen LogP contribution in [0.15, 0.2) is 28.9 Å². The third-order valence-corrected chi connectivity index (χ3v) is 3.07. The fraction of sp³-hybridized carbons (Fsp3) is 0.250. The maximum absolute atomic E-state index is 11.2. The van der Waals surface area contributed by atoms with Gasteiger partial charge in [-0.1, -0.05) is 17.7 Å². The molecular weight excluding hydrogens is 228 g/mol. The molecule has 0 fully saturated rings. The van der Waals surface area contributed by atoms with E-state index in [0.717, 1.165) is 0 Å². The molecule has 1 aromatic carbocycles. The number of halogens is 1. The molecule has 0 atom stereocenters. The van der Waals surface area contributed by atoms with E-state index in [1.54, 1.807) is 32.0 Å². The molecule has 1 heterocycles. The minimum atomic E-state index is -1.02. The molecular formula is C12H11ClO3. The maximum Gasteiger partial charge on any atom is 0.313 e. The van der Waals surface area contributed by atoms with E-state index in [1.165, 1.54) is 6.26 Å². The molecule has 0 bridgehead atoms. The van der Waals surface area contributed by atoms with Crippen LogP contribution in [0.3, 0.4) is 0 Å². The van der Waals surface area contributed by atoms with Gasteiger partial charge in [0, 0.05) is 10.9 Å². The largest absolute Gasteiger partial charge is 0.481 e. The lowest BCUT2D eigenvalue weighted by atomic mass is 9.84. The van der Waals surface area contributed by atoms with Gasteiger partial charge in [-0.05, 0) is 26.0 Å². The second-order valence-corrected chi connectivity index (χ2v) is 4.60. The van der Waals surface area contributed by atoms with Gasteiger partial charge in [-0.3, -0.25) is 4.79 Å². The molecule has 2 rings (SSSR count). The Morgan fingerprint density at radius 3 is 2.75 bits per heavy atom. The van der Waals surface area contributed by atoms with Crippen molar-refractivity contribution in [2.45, 2.75) is 19.3 Å². The SMILES string of the molecule is CC(C)(C(=O)O)c1coc2cccc(Cl)c12. The van der Waals surface area contributed by atoms with E-state index in [-0.39, 0.29) is 0 Å². The van der Waals surface area contributed by atoms with Gasteiger partial charge in [0.2, 0.25) is 0 Å². The number of furan rings is 1. The Kier molecular flexibility index (Phi) is 2.43. The molecule has 4 heteroatoms. The lowest BCUT2D eigenvalue weighted by molar-refractivity contribution is -0.142. The van der Waals surface area contributed by atoms with E-state index in [2.05, 4.69) is 0 Å². The van der Waals surface area contributed by atoms with Gasteiger partial charge < -0.3 is 9.52 Å². The Hall–Kier alpha value is -1.48. The molecule has 0 unspecified atom stereocenters. The van der Waals surface area contributed by atoms with E-state index in [9.17, 15) is 9.90 Å². The number of fused-ring (bicyclic) bond motifs is 1. The number of hydrogen-bond donors (Lipinski definition) is 1. The van der Waals surface area contributed by atoms with Crippen LogP contribution in [-0.2, 0) is 10.2 Å². The van der Waals surface area contributed by atoms with E-state index in [4.69, 9.17) is 16.0 Å². The van der Waals surface area contributed by atoms with E-state index in [0.29, 0.717) is 21.6 Å². The monoisotopic (exact) mass is 238 g/mol. The zero-order valence-corrected chi connectivity index (χ0v) is 9.71. The normalized spacial score (nSPS) is 11.9. The molecule has 3 nitrogen and oxygen atoms in total. The summed E-state index contributed by atoms with van der Waals surface area (Å²) in [5, 5.41) is 10.4. The van der Waals surface area contributed by atoms with Crippen LogP contribution in [0.25, 0.3) is 11.0 Å². The van der Waals surface area contributed by atoms with Gasteiger partial charge in [-0.2, -0.15) is 0 Å². The summed E-state index contributed by atoms with van der Waals surface area (Å²) in [4.78, 5) is 11.2. The highest BCUT2D eigenvalue weighted by atomic mass is 35.5. The number of aliphatic carboxylic acids is 1. The Morgan fingerprint density at radius 1 is 1.44 bits per heavy atom. The van der Waals surface area contributed by atoms with Crippen molar-refractivity contribution < 1.29 is 14.3 Å². The summed E-state index contributed by atoms with van der Waals surface area (Å²) >= 11 is 6.06. The molecule has 84 valence electrons. The predicted molar refractivity (Wildman–Crippen MR) is 61.9 cm³/mol. The summed E-state index contributed by atoms with van der Waals surface area (Å²) in [6, 6.07) is 5.26. The summed E-state index contributed by atoms with van der Waals surface area (Å²) in [5.74, 6) is -0.907. The summed E-state index contributed by atoms with van der Waals surface area (Å²) in [6.07, 6.45) is 1.46. The van der Waals surface area contributed by atoms with Gasteiger partial charge in [0.15, 0.2) is 0 Å². The lowest BCUT2D eigenvalue weighted by Gasteiger charge is -2.17. The third kappa shape index (κ3) is 1.48. The molecule has 0 spiro atoms. The number of carbonyl (C=O) groups is 1. The average Bonchev–Trinajstić information content (AvgIpc) is 2.63. The zero-order valence-electron chi connectivity index (χ0n) is 8.95. The van der Waals surface area contributed by atoms with Crippen LogP contribution in [0.5, 0.6) is 0 Å². The molecule has 0 aliphatic rings. The molecule has 1 N–H and O–H groups in total. The highest BCUT2D eigenvalue weighted by Gasteiger charge is 2.33. The Morgan fingerprint density at radius 2 is 2.12 bits per heavy atom. The number of carboxylic acid groups (broad SMARTS) is 1. The standard InChI is InChI=1S/C12H11ClO3/c1-12(2,11(14)15)7-6-16-9-5-3-4-8(13)10(7)9/h3-6H,1-2H3,(H,14,15). The van der Waals surface area contributed by atoms with Gasteiger partial charge in [0.05, 0.1) is 16.7 Å². The van der Waals surface area contributed by atoms with Crippen molar-refractivity contribution >= 4 is 28.5 Å². The number of hydrogen-bond acceptors (Lipinski definition) is 2. The number of carboxylic acids is 1. The summed E-state index contributed by atoms with van der Waals surface area (Å²) in [5.41, 5.74) is 0.188. The van der Waals surface area contributed by atoms with Gasteiger partial charge in [-0.25, -0.2) is 0 Å². The molecule has 0 aliphatic carbocycles. The molecule has 0 amide bonds. The molecule has 1 aromatic heterocycles. The first kappa shape index (κ1) is 11.0. The van der Waals surface area contributed by atoms with E-state index >= 15 is 0 Å². The minimum absolute atomic E-state index is 0.510. The molecule has 2 aromatic rings. The van der Waals surface area contributed by atoms with Crippen LogP contribution in [0.4, 0.5) is 0 Å². The summed E-state index contributed by atoms with van der Waals surface area (Å²) in [6.45, 7) is 3.26. The van der Waals surface area contributed by atoms with Crippen molar-refractivity contribution in [3.63, 3.8) is 0 Å². The summed E-state index contributed by atoms with van der Waals surface area (Å²) in [7, 11) is 0. The average molecular weight is 239 g/mol. The first-order valence-electron chi connectivity index (χ1n) is 4.84. The van der Waals surface area contributed by atoms with Crippen LogP contribution in [-0.4, -0.2) is 11.1 Å². The second kappa shape index (κ2) is 3.52. The van der Waals surface area contributed by atoms with Crippen molar-refractivity contribution in [3.8, 4) is 0 Å². The maximum atomic E-state index is 11.2. The second-order valence-electron chi connectivity index (χ2n) is 4.19. The van der Waals surface area contributed by atoms with Crippen molar-refractivity contribution in [2.75, 3.05) is 0 Å². The Labute approximate surface area is 97.6 Å². The van der Waals surface area contributed by atoms with Crippen molar-refractivity contribution in [1.29, 1.82) is 0 Å². The molecule has 0 radical (unpaired) electrons. The first-order chi connectivity index (χ1) is 7.44. The van der Waals surface area contributed by atoms with Gasteiger partial charge in [-0.15, -0.1) is 0 Å². The minimum Gasteiger partial charge on any atom is -0.481 e. The number of rotatable bonds is 2. The van der Waals surface area contributed by atoms with Crippen LogP contribution in [0.1, 0.15) is 19.4 Å². The van der Waals surface area contributed by atoms with E-state index < -0.39 is 11.4 Å². The van der Waals surface area contributed by atoms with Crippen LogP contribution < -0.4 is 0 Å². The van der Waals surface area contributed by atoms with Gasteiger partial charge >= 0.3 is 5.97 Å². The molecule has 0 saturated carbocycles. The highest BCUT2D eigenvalue weighted by molar-refractivity contribution is 6.35. The van der Waals surface area contributed by atoms with Crippen LogP contribution in [0, 0.1) is 0 Å². The van der Waals surface area contributed by atoms with Crippen molar-refractivity contribution in [1.82, 2.24) is 0 Å². The van der Waals surface area contributed by atoms with Crippen molar-refractivity contribution in [3.05, 3.63) is 35.0 Å². The molecule has 0 aliphatic heterocycles. The molecule has 16 heavy (non-hydrogen) atoms. The topological polar surface area (TPSA) is 50.4 Å². The Balaban J connectivity index is 2.76. The van der Waals surface area contributed by atoms with Gasteiger partial charge in [0.25, 0.3) is 0 Å². The Bertz CT molecular complexity index is 554. The quantitative estimate of drug-likeness (QED) is 0.872. The highest BCUT2D eigenvalue weighted by Crippen LogP contribution is 2.36. The zero-order chi connectivity index (χ0) is 11.9. The first-order valence-corrected chi connectivity index (χ1v) is 5.22. The molecule has 0 saturated heterocycles.